The molecular weight excluding hydrogens is 251 g/mol. The Bertz CT molecular complexity index is 566. The van der Waals surface area contributed by atoms with Crippen molar-refractivity contribution in [2.45, 2.75) is 13.0 Å². The van der Waals surface area contributed by atoms with Crippen molar-refractivity contribution in [3.63, 3.8) is 0 Å². The number of ether oxygens (including phenoxy) is 1. The minimum absolute atomic E-state index is 0.316. The summed E-state index contributed by atoms with van der Waals surface area (Å²) in [6, 6.07) is 5.46. The highest BCUT2D eigenvalue weighted by Crippen LogP contribution is 2.23. The van der Waals surface area contributed by atoms with Crippen LogP contribution in [-0.2, 0) is 4.74 Å². The quantitative estimate of drug-likeness (QED) is 0.925. The van der Waals surface area contributed by atoms with Gasteiger partial charge in [0, 0.05) is 5.56 Å². The summed E-state index contributed by atoms with van der Waals surface area (Å²) < 4.78 is 22.8. The maximum absolute atomic E-state index is 12.8. The summed E-state index contributed by atoms with van der Waals surface area (Å²) in [4.78, 5) is 15.1. The molecule has 1 aromatic carbocycles. The minimum Gasteiger partial charge on any atom is -0.453 e. The number of carbonyl (C=O) groups excluding carboxylic acids is 1. The maximum atomic E-state index is 12.8. The molecule has 0 aliphatic rings. The second-order valence-corrected chi connectivity index (χ2v) is 3.93. The van der Waals surface area contributed by atoms with Crippen LogP contribution in [0.4, 0.5) is 9.18 Å². The van der Waals surface area contributed by atoms with Gasteiger partial charge >= 0.3 is 6.09 Å². The molecule has 1 atom stereocenters. The Morgan fingerprint density at radius 3 is 2.74 bits per heavy atom. The van der Waals surface area contributed by atoms with Crippen molar-refractivity contribution < 1.29 is 18.3 Å². The van der Waals surface area contributed by atoms with E-state index < -0.39 is 12.1 Å². The molecule has 0 aliphatic heterocycles. The number of benzene rings is 1. The van der Waals surface area contributed by atoms with Gasteiger partial charge in [0.25, 0.3) is 0 Å². The molecule has 1 aromatic heterocycles. The average molecular weight is 264 g/mol. The maximum Gasteiger partial charge on any atom is 0.407 e. The van der Waals surface area contributed by atoms with Gasteiger partial charge in [-0.05, 0) is 31.2 Å². The third kappa shape index (κ3) is 3.09. The molecule has 0 fully saturated rings. The summed E-state index contributed by atoms with van der Waals surface area (Å²) in [5.74, 6) is 0.544. The second kappa shape index (κ2) is 5.51. The molecule has 5 nitrogen and oxygen atoms in total. The van der Waals surface area contributed by atoms with Crippen molar-refractivity contribution in [2.24, 2.45) is 0 Å². The van der Waals surface area contributed by atoms with Gasteiger partial charge in [-0.25, -0.2) is 14.2 Å². The Labute approximate surface area is 109 Å². The molecule has 2 rings (SSSR count). The van der Waals surface area contributed by atoms with Crippen molar-refractivity contribution in [3.05, 3.63) is 42.2 Å². The Kier molecular flexibility index (Phi) is 3.79. The number of oxazole rings is 1. The second-order valence-electron chi connectivity index (χ2n) is 3.93. The number of methoxy groups -OCH3 is 1. The Morgan fingerprint density at radius 1 is 1.42 bits per heavy atom. The van der Waals surface area contributed by atoms with E-state index >= 15 is 0 Å². The van der Waals surface area contributed by atoms with E-state index in [9.17, 15) is 9.18 Å². The molecule has 0 saturated heterocycles. The first-order valence-corrected chi connectivity index (χ1v) is 5.66. The molecule has 2 aromatic rings. The smallest absolute Gasteiger partial charge is 0.407 e. The number of carbonyl (C=O) groups is 1. The van der Waals surface area contributed by atoms with E-state index in [-0.39, 0.29) is 5.82 Å². The van der Waals surface area contributed by atoms with Crippen LogP contribution in [0.3, 0.4) is 0 Å². The largest absolute Gasteiger partial charge is 0.453 e. The molecule has 6 heteroatoms. The SMILES string of the molecule is COC(=O)NC(C)c1ncc(-c2ccc(F)cc2)o1. The number of aromatic nitrogens is 1. The van der Waals surface area contributed by atoms with Crippen molar-refractivity contribution in [3.8, 4) is 11.3 Å². The predicted molar refractivity (Wildman–Crippen MR) is 65.9 cm³/mol. The van der Waals surface area contributed by atoms with E-state index in [1.54, 1.807) is 19.1 Å². The summed E-state index contributed by atoms with van der Waals surface area (Å²) in [6.07, 6.45) is 0.965. The van der Waals surface area contributed by atoms with E-state index in [1.807, 2.05) is 0 Å². The predicted octanol–water partition coefficient (Wildman–Crippen LogP) is 2.90. The molecule has 1 heterocycles. The fourth-order valence-corrected chi connectivity index (χ4v) is 1.53. The Balaban J connectivity index is 2.14. The zero-order valence-corrected chi connectivity index (χ0v) is 10.5. The number of hydrogen-bond donors (Lipinski definition) is 1. The van der Waals surface area contributed by atoms with Gasteiger partial charge in [-0.1, -0.05) is 0 Å². The van der Waals surface area contributed by atoms with Crippen LogP contribution < -0.4 is 5.32 Å². The van der Waals surface area contributed by atoms with Crippen LogP contribution >= 0.6 is 0 Å². The highest BCUT2D eigenvalue weighted by Gasteiger charge is 2.15. The lowest BCUT2D eigenvalue weighted by Gasteiger charge is -2.08. The average Bonchev–Trinajstić information content (AvgIpc) is 2.89. The fourth-order valence-electron chi connectivity index (χ4n) is 1.53. The van der Waals surface area contributed by atoms with E-state index in [2.05, 4.69) is 15.0 Å². The van der Waals surface area contributed by atoms with Crippen LogP contribution in [0.15, 0.2) is 34.9 Å². The Hall–Kier alpha value is -2.37. The van der Waals surface area contributed by atoms with Crippen LogP contribution in [0.25, 0.3) is 11.3 Å². The van der Waals surface area contributed by atoms with Crippen LogP contribution in [0.2, 0.25) is 0 Å². The van der Waals surface area contributed by atoms with Gasteiger partial charge in [-0.2, -0.15) is 0 Å². The van der Waals surface area contributed by atoms with Gasteiger partial charge in [0.2, 0.25) is 5.89 Å². The molecule has 0 radical (unpaired) electrons. The van der Waals surface area contributed by atoms with Gasteiger partial charge in [-0.15, -0.1) is 0 Å². The van der Waals surface area contributed by atoms with Crippen molar-refractivity contribution in [1.82, 2.24) is 10.3 Å². The lowest BCUT2D eigenvalue weighted by molar-refractivity contribution is 0.165. The first-order valence-electron chi connectivity index (χ1n) is 5.66. The van der Waals surface area contributed by atoms with Gasteiger partial charge in [-0.3, -0.25) is 0 Å². The van der Waals surface area contributed by atoms with E-state index in [4.69, 9.17) is 4.42 Å². The summed E-state index contributed by atoms with van der Waals surface area (Å²) in [5, 5.41) is 2.54. The summed E-state index contributed by atoms with van der Waals surface area (Å²) >= 11 is 0. The summed E-state index contributed by atoms with van der Waals surface area (Å²) in [5.41, 5.74) is 0.713. The molecule has 1 amide bonds. The summed E-state index contributed by atoms with van der Waals surface area (Å²) in [6.45, 7) is 1.72. The first-order chi connectivity index (χ1) is 9.10. The molecule has 1 N–H and O–H groups in total. The number of halogens is 1. The third-order valence-electron chi connectivity index (χ3n) is 2.54. The number of hydrogen-bond acceptors (Lipinski definition) is 4. The highest BCUT2D eigenvalue weighted by atomic mass is 19.1. The van der Waals surface area contributed by atoms with Gasteiger partial charge in [0.05, 0.1) is 13.3 Å². The number of rotatable bonds is 3. The standard InChI is InChI=1S/C13H13FN2O3/c1-8(16-13(17)18-2)12-15-7-11(19-12)9-3-5-10(14)6-4-9/h3-8H,1-2H3,(H,16,17). The molecular formula is C13H13FN2O3. The van der Waals surface area contributed by atoms with Gasteiger partial charge in [0.1, 0.15) is 11.9 Å². The number of amides is 1. The topological polar surface area (TPSA) is 64.4 Å². The van der Waals surface area contributed by atoms with Crippen LogP contribution in [0.1, 0.15) is 18.9 Å². The molecule has 100 valence electrons. The van der Waals surface area contributed by atoms with E-state index in [1.165, 1.54) is 25.4 Å². The highest BCUT2D eigenvalue weighted by molar-refractivity contribution is 5.67. The zero-order valence-electron chi connectivity index (χ0n) is 10.5. The zero-order chi connectivity index (χ0) is 13.8. The lowest BCUT2D eigenvalue weighted by Crippen LogP contribution is -2.26. The van der Waals surface area contributed by atoms with Gasteiger partial charge in [0.15, 0.2) is 5.76 Å². The lowest BCUT2D eigenvalue weighted by atomic mass is 10.2. The molecule has 1 unspecified atom stereocenters. The number of nitrogens with one attached hydrogen (secondary N) is 1. The molecule has 0 bridgehead atoms. The summed E-state index contributed by atoms with van der Waals surface area (Å²) in [7, 11) is 1.28. The normalized spacial score (nSPS) is 11.9. The monoisotopic (exact) mass is 264 g/mol. The molecule has 0 saturated carbocycles. The van der Waals surface area contributed by atoms with Gasteiger partial charge < -0.3 is 14.5 Å². The van der Waals surface area contributed by atoms with Crippen LogP contribution in [0, 0.1) is 5.82 Å². The van der Waals surface area contributed by atoms with Crippen molar-refractivity contribution in [1.29, 1.82) is 0 Å². The van der Waals surface area contributed by atoms with Crippen LogP contribution in [0.5, 0.6) is 0 Å². The van der Waals surface area contributed by atoms with E-state index in [0.29, 0.717) is 17.2 Å². The molecule has 19 heavy (non-hydrogen) atoms. The third-order valence-corrected chi connectivity index (χ3v) is 2.54. The van der Waals surface area contributed by atoms with E-state index in [0.717, 1.165) is 0 Å². The van der Waals surface area contributed by atoms with Crippen LogP contribution in [-0.4, -0.2) is 18.2 Å². The molecule has 0 aliphatic carbocycles. The number of alkyl carbamates (subject to hydrolysis) is 1. The Morgan fingerprint density at radius 2 is 2.11 bits per heavy atom. The minimum atomic E-state index is -0.561. The fraction of sp³-hybridized carbons (Fsp3) is 0.231. The number of nitrogens with zero attached hydrogens (tertiary/aromatic N) is 1. The van der Waals surface area contributed by atoms with Crippen molar-refractivity contribution >= 4 is 6.09 Å². The first kappa shape index (κ1) is 13.1. The van der Waals surface area contributed by atoms with Crippen molar-refractivity contribution in [2.75, 3.05) is 7.11 Å². The molecule has 0 spiro atoms.